The smallest absolute Gasteiger partial charge is 0.218 e. The van der Waals surface area contributed by atoms with Gasteiger partial charge < -0.3 is 10.1 Å². The molecule has 1 aromatic carbocycles. The number of rotatable bonds is 6. The van der Waals surface area contributed by atoms with E-state index in [0.717, 1.165) is 18.5 Å². The molecule has 0 saturated carbocycles. The van der Waals surface area contributed by atoms with E-state index in [4.69, 9.17) is 4.74 Å². The van der Waals surface area contributed by atoms with Crippen LogP contribution in [0.15, 0.2) is 42.6 Å². The molecular weight excluding hydrogens is 248 g/mol. The van der Waals surface area contributed by atoms with E-state index >= 15 is 0 Å². The monoisotopic (exact) mass is 270 g/mol. The molecule has 1 heterocycles. The maximum atomic E-state index is 5.40. The summed E-state index contributed by atoms with van der Waals surface area (Å²) < 4.78 is 5.40. The number of benzene rings is 1. The zero-order valence-corrected chi connectivity index (χ0v) is 12.4. The number of pyridine rings is 1. The number of hydrogen-bond donors (Lipinski definition) is 1. The summed E-state index contributed by atoms with van der Waals surface area (Å²) in [4.78, 5) is 4.31. The third kappa shape index (κ3) is 3.36. The Hall–Kier alpha value is -1.87. The van der Waals surface area contributed by atoms with E-state index in [9.17, 15) is 0 Å². The summed E-state index contributed by atoms with van der Waals surface area (Å²) in [5.41, 5.74) is 3.57. The highest BCUT2D eigenvalue weighted by Gasteiger charge is 2.17. The lowest BCUT2D eigenvalue weighted by molar-refractivity contribution is 0.387. The van der Waals surface area contributed by atoms with E-state index in [0.29, 0.717) is 5.88 Å². The summed E-state index contributed by atoms with van der Waals surface area (Å²) in [6, 6.07) is 12.7. The van der Waals surface area contributed by atoms with Crippen LogP contribution < -0.4 is 10.1 Å². The molecular formula is C17H22N2O. The van der Waals surface area contributed by atoms with Gasteiger partial charge in [-0.05, 0) is 31.5 Å². The second-order valence-corrected chi connectivity index (χ2v) is 4.90. The molecule has 2 aromatic rings. The van der Waals surface area contributed by atoms with Crippen LogP contribution in [0.1, 0.15) is 36.1 Å². The molecule has 0 aliphatic heterocycles. The van der Waals surface area contributed by atoms with Crippen LogP contribution in [-0.2, 0) is 0 Å². The molecule has 0 amide bonds. The Morgan fingerprint density at radius 3 is 2.60 bits per heavy atom. The van der Waals surface area contributed by atoms with Gasteiger partial charge >= 0.3 is 0 Å². The second-order valence-electron chi connectivity index (χ2n) is 4.90. The first kappa shape index (κ1) is 14.5. The summed E-state index contributed by atoms with van der Waals surface area (Å²) in [5, 5.41) is 3.58. The number of aryl methyl sites for hydroxylation is 1. The van der Waals surface area contributed by atoms with E-state index in [1.165, 1.54) is 11.1 Å². The van der Waals surface area contributed by atoms with Gasteiger partial charge in [0.15, 0.2) is 0 Å². The predicted octanol–water partition coefficient (Wildman–Crippen LogP) is 3.49. The van der Waals surface area contributed by atoms with Crippen LogP contribution in [0.4, 0.5) is 0 Å². The highest BCUT2D eigenvalue weighted by molar-refractivity contribution is 5.38. The Bertz CT molecular complexity index is 537. The number of aromatic nitrogens is 1. The van der Waals surface area contributed by atoms with Crippen LogP contribution in [0.5, 0.6) is 5.88 Å². The molecule has 1 aromatic heterocycles. The van der Waals surface area contributed by atoms with Gasteiger partial charge in [-0.1, -0.05) is 42.8 Å². The van der Waals surface area contributed by atoms with Crippen molar-refractivity contribution in [2.75, 3.05) is 13.7 Å². The lowest BCUT2D eigenvalue weighted by Crippen LogP contribution is -2.24. The fraction of sp³-hybridized carbons (Fsp3) is 0.353. The second kappa shape index (κ2) is 7.06. The van der Waals surface area contributed by atoms with Gasteiger partial charge in [-0.25, -0.2) is 4.98 Å². The molecule has 3 nitrogen and oxygen atoms in total. The lowest BCUT2D eigenvalue weighted by atomic mass is 9.98. The molecule has 0 fully saturated rings. The van der Waals surface area contributed by atoms with Crippen molar-refractivity contribution in [3.63, 3.8) is 0 Å². The predicted molar refractivity (Wildman–Crippen MR) is 82.1 cm³/mol. The first-order valence-electron chi connectivity index (χ1n) is 7.05. The fourth-order valence-electron chi connectivity index (χ4n) is 2.25. The van der Waals surface area contributed by atoms with Crippen LogP contribution in [0.25, 0.3) is 0 Å². The molecule has 2 rings (SSSR count). The van der Waals surface area contributed by atoms with Crippen molar-refractivity contribution in [1.29, 1.82) is 0 Å². The Balaban J connectivity index is 2.38. The molecule has 1 atom stereocenters. The van der Waals surface area contributed by atoms with Crippen LogP contribution in [-0.4, -0.2) is 18.6 Å². The van der Waals surface area contributed by atoms with Gasteiger partial charge in [-0.15, -0.1) is 0 Å². The highest BCUT2D eigenvalue weighted by atomic mass is 16.5. The average Bonchev–Trinajstić information content (AvgIpc) is 2.50. The molecule has 1 unspecified atom stereocenters. The van der Waals surface area contributed by atoms with Gasteiger partial charge in [-0.3, -0.25) is 0 Å². The zero-order chi connectivity index (χ0) is 14.4. The van der Waals surface area contributed by atoms with Crippen molar-refractivity contribution in [1.82, 2.24) is 10.3 Å². The third-order valence-electron chi connectivity index (χ3n) is 3.31. The maximum absolute atomic E-state index is 5.40. The molecule has 0 aliphatic carbocycles. The number of ether oxygens (including phenoxy) is 1. The van der Waals surface area contributed by atoms with Gasteiger partial charge in [0.05, 0.1) is 13.2 Å². The molecule has 106 valence electrons. The zero-order valence-electron chi connectivity index (χ0n) is 12.4. The quantitative estimate of drug-likeness (QED) is 0.872. The molecule has 0 saturated heterocycles. The van der Waals surface area contributed by atoms with Crippen molar-refractivity contribution in [3.8, 4) is 5.88 Å². The van der Waals surface area contributed by atoms with Gasteiger partial charge in [0, 0.05) is 11.8 Å². The molecule has 0 aliphatic rings. The average molecular weight is 270 g/mol. The summed E-state index contributed by atoms with van der Waals surface area (Å²) in [5.74, 6) is 0.682. The summed E-state index contributed by atoms with van der Waals surface area (Å²) in [7, 11) is 1.66. The molecule has 0 bridgehead atoms. The Morgan fingerprint density at radius 1 is 1.20 bits per heavy atom. The van der Waals surface area contributed by atoms with E-state index in [-0.39, 0.29) is 6.04 Å². The van der Waals surface area contributed by atoms with E-state index in [2.05, 4.69) is 54.5 Å². The van der Waals surface area contributed by atoms with E-state index < -0.39 is 0 Å². The van der Waals surface area contributed by atoms with Crippen LogP contribution in [0, 0.1) is 6.92 Å². The SMILES string of the molecule is CCCNC(c1ccc(C)cc1)c1cccnc1OC. The minimum absolute atomic E-state index is 0.110. The highest BCUT2D eigenvalue weighted by Crippen LogP contribution is 2.28. The molecule has 20 heavy (non-hydrogen) atoms. The van der Waals surface area contributed by atoms with Crippen molar-refractivity contribution >= 4 is 0 Å². The largest absolute Gasteiger partial charge is 0.481 e. The van der Waals surface area contributed by atoms with Gasteiger partial charge in [0.25, 0.3) is 0 Å². The van der Waals surface area contributed by atoms with Gasteiger partial charge in [0.2, 0.25) is 5.88 Å². The van der Waals surface area contributed by atoms with Gasteiger partial charge in [-0.2, -0.15) is 0 Å². The van der Waals surface area contributed by atoms with Crippen LogP contribution >= 0.6 is 0 Å². The lowest BCUT2D eigenvalue weighted by Gasteiger charge is -2.21. The third-order valence-corrected chi connectivity index (χ3v) is 3.31. The van der Waals surface area contributed by atoms with Crippen molar-refractivity contribution in [3.05, 3.63) is 59.3 Å². The van der Waals surface area contributed by atoms with Crippen molar-refractivity contribution < 1.29 is 4.74 Å². The molecule has 1 N–H and O–H groups in total. The minimum atomic E-state index is 0.110. The number of hydrogen-bond acceptors (Lipinski definition) is 3. The minimum Gasteiger partial charge on any atom is -0.481 e. The van der Waals surface area contributed by atoms with E-state index in [1.807, 2.05) is 6.07 Å². The number of nitrogens with one attached hydrogen (secondary N) is 1. The van der Waals surface area contributed by atoms with Crippen LogP contribution in [0.2, 0.25) is 0 Å². The topological polar surface area (TPSA) is 34.2 Å². The Labute approximate surface area is 121 Å². The maximum Gasteiger partial charge on any atom is 0.218 e. The first-order chi connectivity index (χ1) is 9.76. The molecule has 0 spiro atoms. The fourth-order valence-corrected chi connectivity index (χ4v) is 2.25. The normalized spacial score (nSPS) is 12.2. The molecule has 0 radical (unpaired) electrons. The summed E-state index contributed by atoms with van der Waals surface area (Å²) in [6.45, 7) is 5.22. The first-order valence-corrected chi connectivity index (χ1v) is 7.05. The number of nitrogens with zero attached hydrogens (tertiary/aromatic N) is 1. The molecule has 3 heteroatoms. The van der Waals surface area contributed by atoms with Gasteiger partial charge in [0.1, 0.15) is 0 Å². The van der Waals surface area contributed by atoms with E-state index in [1.54, 1.807) is 13.3 Å². The summed E-state index contributed by atoms with van der Waals surface area (Å²) >= 11 is 0. The van der Waals surface area contributed by atoms with Crippen molar-refractivity contribution in [2.45, 2.75) is 26.3 Å². The standard InChI is InChI=1S/C17H22N2O/c1-4-11-18-16(14-9-7-13(2)8-10-14)15-6-5-12-19-17(15)20-3/h5-10,12,16,18H,4,11H2,1-3H3. The van der Waals surface area contributed by atoms with Crippen LogP contribution in [0.3, 0.4) is 0 Å². The Kier molecular flexibility index (Phi) is 5.13. The summed E-state index contributed by atoms with van der Waals surface area (Å²) in [6.07, 6.45) is 2.85. The number of methoxy groups -OCH3 is 1. The Morgan fingerprint density at radius 2 is 1.95 bits per heavy atom. The van der Waals surface area contributed by atoms with Crippen molar-refractivity contribution in [2.24, 2.45) is 0 Å².